The van der Waals surface area contributed by atoms with Crippen LogP contribution in [0.2, 0.25) is 0 Å². The number of nitrogens with one attached hydrogen (secondary N) is 1. The van der Waals surface area contributed by atoms with Gasteiger partial charge < -0.3 is 0 Å². The first kappa shape index (κ1) is 14.5. The van der Waals surface area contributed by atoms with E-state index < -0.39 is 11.6 Å². The van der Waals surface area contributed by atoms with Crippen LogP contribution in [0.4, 0.5) is 8.78 Å². The monoisotopic (exact) mass is 296 g/mol. The van der Waals surface area contributed by atoms with Gasteiger partial charge in [0.15, 0.2) is 5.82 Å². The fraction of sp³-hybridized carbons (Fsp3) is 0.308. The molecular formula is C13H14F2N4S. The lowest BCUT2D eigenvalue weighted by Crippen LogP contribution is -2.17. The molecule has 1 heterocycles. The van der Waals surface area contributed by atoms with Crippen LogP contribution in [0.1, 0.15) is 32.2 Å². The van der Waals surface area contributed by atoms with E-state index in [2.05, 4.69) is 15.3 Å². The van der Waals surface area contributed by atoms with Gasteiger partial charge in [-0.15, -0.1) is 0 Å². The average Bonchev–Trinajstić information content (AvgIpc) is 2.69. The lowest BCUT2D eigenvalue weighted by atomic mass is 9.96. The van der Waals surface area contributed by atoms with Crippen molar-refractivity contribution in [2.45, 2.75) is 26.2 Å². The maximum absolute atomic E-state index is 13.5. The second-order valence-electron chi connectivity index (χ2n) is 5.32. The van der Waals surface area contributed by atoms with Crippen molar-refractivity contribution in [3.05, 3.63) is 46.0 Å². The van der Waals surface area contributed by atoms with E-state index >= 15 is 0 Å². The van der Waals surface area contributed by atoms with E-state index in [4.69, 9.17) is 12.2 Å². The molecule has 106 valence electrons. The normalized spacial score (nSPS) is 12.2. The molecule has 0 unspecified atom stereocenters. The van der Waals surface area contributed by atoms with Gasteiger partial charge >= 0.3 is 0 Å². The molecule has 0 bridgehead atoms. The summed E-state index contributed by atoms with van der Waals surface area (Å²) < 4.78 is 28.1. The molecule has 0 spiro atoms. The number of nitrogens with zero attached hydrogens (tertiary/aromatic N) is 3. The molecule has 0 aliphatic rings. The minimum Gasteiger partial charge on any atom is -0.250 e. The predicted octanol–water partition coefficient (Wildman–Crippen LogP) is 3.40. The zero-order valence-electron chi connectivity index (χ0n) is 11.3. The number of hydrogen-bond donors (Lipinski definition) is 1. The Balaban J connectivity index is 2.42. The van der Waals surface area contributed by atoms with E-state index in [0.29, 0.717) is 10.6 Å². The van der Waals surface area contributed by atoms with Crippen LogP contribution in [0, 0.1) is 16.4 Å². The molecule has 0 fully saturated rings. The summed E-state index contributed by atoms with van der Waals surface area (Å²) in [5.41, 5.74) is -0.0963. The molecule has 4 nitrogen and oxygen atoms in total. The van der Waals surface area contributed by atoms with E-state index in [9.17, 15) is 8.78 Å². The van der Waals surface area contributed by atoms with Crippen LogP contribution in [-0.4, -0.2) is 21.1 Å². The van der Waals surface area contributed by atoms with Crippen molar-refractivity contribution < 1.29 is 8.78 Å². The van der Waals surface area contributed by atoms with Crippen LogP contribution in [0.5, 0.6) is 0 Å². The number of hydrogen-bond acceptors (Lipinski definition) is 3. The number of aromatic nitrogens is 3. The quantitative estimate of drug-likeness (QED) is 0.682. The highest BCUT2D eigenvalue weighted by Gasteiger charge is 2.21. The first-order valence-electron chi connectivity index (χ1n) is 5.96. The highest BCUT2D eigenvalue weighted by molar-refractivity contribution is 7.71. The minimum atomic E-state index is -0.680. The van der Waals surface area contributed by atoms with Crippen LogP contribution in [0.25, 0.3) is 0 Å². The molecule has 0 saturated heterocycles. The highest BCUT2D eigenvalue weighted by atomic mass is 32.1. The Kier molecular flexibility index (Phi) is 3.80. The largest absolute Gasteiger partial charge is 0.250 e. The maximum Gasteiger partial charge on any atom is 0.216 e. The second-order valence-corrected chi connectivity index (χ2v) is 5.71. The van der Waals surface area contributed by atoms with Crippen molar-refractivity contribution in [2.75, 3.05) is 0 Å². The molecular weight excluding hydrogens is 282 g/mol. The van der Waals surface area contributed by atoms with E-state index in [-0.39, 0.29) is 11.0 Å². The Bertz CT molecular complexity index is 710. The third kappa shape index (κ3) is 2.98. The number of benzene rings is 1. The molecule has 0 aliphatic heterocycles. The molecule has 0 saturated carbocycles. The molecule has 1 aromatic carbocycles. The first-order valence-corrected chi connectivity index (χ1v) is 6.37. The van der Waals surface area contributed by atoms with E-state index in [1.165, 1.54) is 23.0 Å². The first-order chi connectivity index (χ1) is 9.29. The number of halogens is 2. The summed E-state index contributed by atoms with van der Waals surface area (Å²) in [5.74, 6) is -0.683. The van der Waals surface area contributed by atoms with Gasteiger partial charge in [-0.2, -0.15) is 14.9 Å². The summed E-state index contributed by atoms with van der Waals surface area (Å²) in [6.07, 6.45) is 1.29. The Morgan fingerprint density at radius 1 is 1.35 bits per heavy atom. The van der Waals surface area contributed by atoms with Gasteiger partial charge in [0.05, 0.1) is 6.21 Å². The molecule has 7 heteroatoms. The molecule has 20 heavy (non-hydrogen) atoms. The van der Waals surface area contributed by atoms with Gasteiger partial charge in [0.1, 0.15) is 11.6 Å². The SMILES string of the molecule is CC(C)(C)c1n[nH]c(=S)n1/N=C\c1ccc(F)cc1F. The van der Waals surface area contributed by atoms with Crippen molar-refractivity contribution in [2.24, 2.45) is 5.10 Å². The topological polar surface area (TPSA) is 46.0 Å². The fourth-order valence-corrected chi connectivity index (χ4v) is 1.79. The van der Waals surface area contributed by atoms with Gasteiger partial charge in [0.25, 0.3) is 0 Å². The van der Waals surface area contributed by atoms with Crippen molar-refractivity contribution in [3.63, 3.8) is 0 Å². The van der Waals surface area contributed by atoms with Crippen LogP contribution in [-0.2, 0) is 5.41 Å². The van der Waals surface area contributed by atoms with Gasteiger partial charge in [0.2, 0.25) is 4.77 Å². The Labute approximate surface area is 120 Å². The summed E-state index contributed by atoms with van der Waals surface area (Å²) in [6.45, 7) is 5.88. The van der Waals surface area contributed by atoms with E-state index in [1.54, 1.807) is 0 Å². The van der Waals surface area contributed by atoms with Gasteiger partial charge in [-0.25, -0.2) is 8.78 Å². The summed E-state index contributed by atoms with van der Waals surface area (Å²) in [4.78, 5) is 0. The third-order valence-electron chi connectivity index (χ3n) is 2.60. The molecule has 2 aromatic rings. The minimum absolute atomic E-state index is 0.175. The summed E-state index contributed by atoms with van der Waals surface area (Å²) >= 11 is 5.09. The van der Waals surface area contributed by atoms with Gasteiger partial charge in [-0.1, -0.05) is 20.8 Å². The lowest BCUT2D eigenvalue weighted by Gasteiger charge is -2.15. The maximum atomic E-state index is 13.5. The van der Waals surface area contributed by atoms with Crippen molar-refractivity contribution in [1.29, 1.82) is 0 Å². The molecule has 0 amide bonds. The van der Waals surface area contributed by atoms with Crippen molar-refractivity contribution in [1.82, 2.24) is 14.9 Å². The van der Waals surface area contributed by atoms with Crippen LogP contribution in [0.15, 0.2) is 23.3 Å². The predicted molar refractivity (Wildman–Crippen MR) is 75.5 cm³/mol. The number of aromatic amines is 1. The standard InChI is InChI=1S/C13H14F2N4S/c1-13(2,3)11-17-18-12(20)19(11)16-7-8-4-5-9(14)6-10(8)15/h4-7H,1-3H3,(H,18,20)/b16-7-. The Hall–Kier alpha value is -1.89. The highest BCUT2D eigenvalue weighted by Crippen LogP contribution is 2.19. The smallest absolute Gasteiger partial charge is 0.216 e. The Morgan fingerprint density at radius 2 is 2.05 bits per heavy atom. The zero-order valence-corrected chi connectivity index (χ0v) is 12.1. The summed E-state index contributed by atoms with van der Waals surface area (Å²) in [7, 11) is 0. The fourth-order valence-electron chi connectivity index (χ4n) is 1.61. The molecule has 1 aromatic heterocycles. The van der Waals surface area contributed by atoms with Crippen LogP contribution in [0.3, 0.4) is 0 Å². The van der Waals surface area contributed by atoms with Crippen molar-refractivity contribution in [3.8, 4) is 0 Å². The molecule has 2 rings (SSSR count). The van der Waals surface area contributed by atoms with E-state index in [1.807, 2.05) is 20.8 Å². The molecule has 1 N–H and O–H groups in total. The molecule has 0 aliphatic carbocycles. The van der Waals surface area contributed by atoms with Crippen molar-refractivity contribution >= 4 is 18.4 Å². The zero-order chi connectivity index (χ0) is 14.9. The third-order valence-corrected chi connectivity index (χ3v) is 2.86. The second kappa shape index (κ2) is 5.24. The summed E-state index contributed by atoms with van der Waals surface area (Å²) in [5, 5.41) is 10.9. The number of H-pyrrole nitrogens is 1. The van der Waals surface area contributed by atoms with Gasteiger partial charge in [0, 0.05) is 17.0 Å². The van der Waals surface area contributed by atoms with Crippen LogP contribution >= 0.6 is 12.2 Å². The van der Waals surface area contributed by atoms with Crippen LogP contribution < -0.4 is 0 Å². The molecule has 0 radical (unpaired) electrons. The Morgan fingerprint density at radius 3 is 2.65 bits per heavy atom. The average molecular weight is 296 g/mol. The van der Waals surface area contributed by atoms with E-state index in [0.717, 1.165) is 6.07 Å². The lowest BCUT2D eigenvalue weighted by molar-refractivity contribution is 0.516. The summed E-state index contributed by atoms with van der Waals surface area (Å²) in [6, 6.07) is 3.29. The number of rotatable bonds is 2. The van der Waals surface area contributed by atoms with Gasteiger partial charge in [-0.3, -0.25) is 5.10 Å². The molecule has 0 atom stereocenters. The van der Waals surface area contributed by atoms with Gasteiger partial charge in [-0.05, 0) is 24.4 Å².